The molecule has 3 heteroatoms. The number of nitrogens with one attached hydrogen (secondary N) is 1. The molecule has 3 nitrogen and oxygen atoms in total. The molecule has 2 heterocycles. The Kier molecular flexibility index (Phi) is 3.66. The van der Waals surface area contributed by atoms with Crippen molar-refractivity contribution in [3.05, 3.63) is 24.2 Å². The fourth-order valence-electron chi connectivity index (χ4n) is 2.64. The second-order valence-electron chi connectivity index (χ2n) is 5.03. The van der Waals surface area contributed by atoms with Crippen molar-refractivity contribution in [1.29, 1.82) is 0 Å². The Morgan fingerprint density at radius 1 is 1.56 bits per heavy atom. The Labute approximate surface area is 97.8 Å². The maximum absolute atomic E-state index is 5.38. The summed E-state index contributed by atoms with van der Waals surface area (Å²) in [6, 6.07) is 4.00. The van der Waals surface area contributed by atoms with Crippen LogP contribution in [0.2, 0.25) is 0 Å². The highest BCUT2D eigenvalue weighted by Gasteiger charge is 2.32. The maximum atomic E-state index is 5.38. The zero-order valence-electron chi connectivity index (χ0n) is 10.3. The lowest BCUT2D eigenvalue weighted by molar-refractivity contribution is 0.171. The molecular formula is C13H22N2O. The van der Waals surface area contributed by atoms with Crippen LogP contribution in [0, 0.1) is 5.41 Å². The van der Waals surface area contributed by atoms with Crippen molar-refractivity contribution in [2.75, 3.05) is 26.7 Å². The molecule has 0 amide bonds. The molecule has 1 atom stereocenters. The van der Waals surface area contributed by atoms with Crippen molar-refractivity contribution in [1.82, 2.24) is 10.2 Å². The van der Waals surface area contributed by atoms with Gasteiger partial charge in [0.15, 0.2) is 0 Å². The molecule has 1 aromatic heterocycles. The molecule has 1 N–H and O–H groups in total. The average molecular weight is 222 g/mol. The van der Waals surface area contributed by atoms with Crippen molar-refractivity contribution in [2.45, 2.75) is 26.3 Å². The summed E-state index contributed by atoms with van der Waals surface area (Å²) >= 11 is 0. The summed E-state index contributed by atoms with van der Waals surface area (Å²) in [5.74, 6) is 1.06. The maximum Gasteiger partial charge on any atom is 0.117 e. The zero-order chi connectivity index (χ0) is 11.4. The van der Waals surface area contributed by atoms with Gasteiger partial charge in [-0.3, -0.25) is 4.90 Å². The molecule has 1 aliphatic heterocycles. The molecule has 1 unspecified atom stereocenters. The third-order valence-electron chi connectivity index (χ3n) is 3.69. The van der Waals surface area contributed by atoms with E-state index in [0.29, 0.717) is 5.41 Å². The van der Waals surface area contributed by atoms with E-state index in [2.05, 4.69) is 24.2 Å². The molecule has 0 bridgehead atoms. The molecule has 1 aliphatic rings. The predicted octanol–water partition coefficient (Wildman–Crippen LogP) is 2.10. The minimum atomic E-state index is 0.474. The minimum Gasteiger partial charge on any atom is -0.468 e. The van der Waals surface area contributed by atoms with Gasteiger partial charge in [0.25, 0.3) is 0 Å². The van der Waals surface area contributed by atoms with Crippen LogP contribution in [0.3, 0.4) is 0 Å². The quantitative estimate of drug-likeness (QED) is 0.827. The first-order valence-corrected chi connectivity index (χ1v) is 6.16. The summed E-state index contributed by atoms with van der Waals surface area (Å²) in [5.41, 5.74) is 0.474. The van der Waals surface area contributed by atoms with Crippen LogP contribution in [-0.2, 0) is 6.54 Å². The predicted molar refractivity (Wildman–Crippen MR) is 65.3 cm³/mol. The van der Waals surface area contributed by atoms with Crippen LogP contribution >= 0.6 is 0 Å². The van der Waals surface area contributed by atoms with E-state index in [-0.39, 0.29) is 0 Å². The Balaban J connectivity index is 1.88. The fraction of sp³-hybridized carbons (Fsp3) is 0.692. The summed E-state index contributed by atoms with van der Waals surface area (Å²) in [7, 11) is 2.18. The van der Waals surface area contributed by atoms with Gasteiger partial charge in [0.1, 0.15) is 5.76 Å². The molecule has 0 radical (unpaired) electrons. The number of hydrogen-bond acceptors (Lipinski definition) is 3. The average Bonchev–Trinajstić information content (AvgIpc) is 2.90. The van der Waals surface area contributed by atoms with E-state index < -0.39 is 0 Å². The minimum absolute atomic E-state index is 0.474. The van der Waals surface area contributed by atoms with Gasteiger partial charge in [-0.2, -0.15) is 0 Å². The number of nitrogens with zero attached hydrogens (tertiary/aromatic N) is 1. The van der Waals surface area contributed by atoms with Crippen molar-refractivity contribution >= 4 is 0 Å². The normalized spacial score (nSPS) is 25.4. The summed E-state index contributed by atoms with van der Waals surface area (Å²) in [4.78, 5) is 2.37. The van der Waals surface area contributed by atoms with E-state index in [1.807, 2.05) is 12.1 Å². The zero-order valence-corrected chi connectivity index (χ0v) is 10.3. The van der Waals surface area contributed by atoms with Crippen LogP contribution in [0.15, 0.2) is 22.8 Å². The third-order valence-corrected chi connectivity index (χ3v) is 3.69. The first-order chi connectivity index (χ1) is 7.74. The Hall–Kier alpha value is -0.800. The van der Waals surface area contributed by atoms with Gasteiger partial charge in [-0.05, 0) is 44.0 Å². The van der Waals surface area contributed by atoms with Gasteiger partial charge >= 0.3 is 0 Å². The van der Waals surface area contributed by atoms with Crippen LogP contribution in [0.1, 0.15) is 25.5 Å². The lowest BCUT2D eigenvalue weighted by atomic mass is 9.84. The summed E-state index contributed by atoms with van der Waals surface area (Å²) in [5, 5.41) is 3.48. The van der Waals surface area contributed by atoms with Gasteiger partial charge < -0.3 is 9.73 Å². The monoisotopic (exact) mass is 222 g/mol. The molecule has 2 rings (SSSR count). The summed E-state index contributed by atoms with van der Waals surface area (Å²) in [6.07, 6.45) is 4.30. The Morgan fingerprint density at radius 2 is 2.44 bits per heavy atom. The van der Waals surface area contributed by atoms with Gasteiger partial charge in [-0.15, -0.1) is 0 Å². The second-order valence-corrected chi connectivity index (χ2v) is 5.03. The van der Waals surface area contributed by atoms with Crippen LogP contribution in [0.4, 0.5) is 0 Å². The molecule has 90 valence electrons. The van der Waals surface area contributed by atoms with E-state index >= 15 is 0 Å². The topological polar surface area (TPSA) is 28.4 Å². The summed E-state index contributed by atoms with van der Waals surface area (Å²) in [6.45, 7) is 6.69. The first kappa shape index (κ1) is 11.7. The van der Waals surface area contributed by atoms with E-state index in [4.69, 9.17) is 4.42 Å². The molecule has 16 heavy (non-hydrogen) atoms. The SMILES string of the molecule is CCC1(CN(C)Cc2ccco2)CCNC1. The second kappa shape index (κ2) is 5.02. The van der Waals surface area contributed by atoms with Crippen LogP contribution in [0.25, 0.3) is 0 Å². The van der Waals surface area contributed by atoms with Gasteiger partial charge in [0, 0.05) is 13.1 Å². The number of furan rings is 1. The smallest absolute Gasteiger partial charge is 0.117 e. The highest BCUT2D eigenvalue weighted by Crippen LogP contribution is 2.30. The van der Waals surface area contributed by atoms with Crippen molar-refractivity contribution in [2.24, 2.45) is 5.41 Å². The molecular weight excluding hydrogens is 200 g/mol. The number of hydrogen-bond donors (Lipinski definition) is 1. The summed E-state index contributed by atoms with van der Waals surface area (Å²) < 4.78 is 5.38. The highest BCUT2D eigenvalue weighted by atomic mass is 16.3. The van der Waals surface area contributed by atoms with Crippen LogP contribution in [0.5, 0.6) is 0 Å². The van der Waals surface area contributed by atoms with Gasteiger partial charge in [0.2, 0.25) is 0 Å². The molecule has 0 spiro atoms. The van der Waals surface area contributed by atoms with Crippen molar-refractivity contribution < 1.29 is 4.42 Å². The Bertz CT molecular complexity index is 302. The first-order valence-electron chi connectivity index (χ1n) is 6.16. The van der Waals surface area contributed by atoms with E-state index in [0.717, 1.165) is 25.4 Å². The van der Waals surface area contributed by atoms with E-state index in [1.165, 1.54) is 19.4 Å². The molecule has 1 saturated heterocycles. The van der Waals surface area contributed by atoms with E-state index in [9.17, 15) is 0 Å². The lowest BCUT2D eigenvalue weighted by Gasteiger charge is -2.31. The molecule has 1 fully saturated rings. The van der Waals surface area contributed by atoms with Gasteiger partial charge in [0.05, 0.1) is 12.8 Å². The van der Waals surface area contributed by atoms with E-state index in [1.54, 1.807) is 6.26 Å². The van der Waals surface area contributed by atoms with Gasteiger partial charge in [-0.25, -0.2) is 0 Å². The fourth-order valence-corrected chi connectivity index (χ4v) is 2.64. The lowest BCUT2D eigenvalue weighted by Crippen LogP contribution is -2.36. The largest absolute Gasteiger partial charge is 0.468 e. The molecule has 1 aromatic rings. The Morgan fingerprint density at radius 3 is 3.00 bits per heavy atom. The van der Waals surface area contributed by atoms with Crippen molar-refractivity contribution in [3.63, 3.8) is 0 Å². The van der Waals surface area contributed by atoms with Gasteiger partial charge in [-0.1, -0.05) is 6.92 Å². The number of rotatable bonds is 5. The highest BCUT2D eigenvalue weighted by molar-refractivity contribution is 4.98. The van der Waals surface area contributed by atoms with Crippen molar-refractivity contribution in [3.8, 4) is 0 Å². The molecule has 0 aromatic carbocycles. The third kappa shape index (κ3) is 2.66. The standard InChI is InChI=1S/C13H22N2O/c1-3-13(6-7-14-10-13)11-15(2)9-12-5-4-8-16-12/h4-5,8,14H,3,6-7,9-11H2,1-2H3. The molecule has 0 aliphatic carbocycles. The van der Waals surface area contributed by atoms with Crippen LogP contribution in [-0.4, -0.2) is 31.6 Å². The van der Waals surface area contributed by atoms with Crippen LogP contribution < -0.4 is 5.32 Å². The molecule has 0 saturated carbocycles.